The van der Waals surface area contributed by atoms with Gasteiger partial charge in [-0.1, -0.05) is 18.2 Å². The SMILES string of the molecule is CCOc1c(/C(C)=C/C(=O)N2CCCC2)cc2c(-c3ccccc3OC)coc2c1C. The summed E-state index contributed by atoms with van der Waals surface area (Å²) in [5, 5.41) is 0.974. The lowest BCUT2D eigenvalue weighted by Gasteiger charge is -2.17. The molecule has 4 rings (SSSR count). The molecule has 0 spiro atoms. The first-order valence-electron chi connectivity index (χ1n) is 10.8. The Hall–Kier alpha value is -3.21. The molecule has 5 heteroatoms. The first kappa shape index (κ1) is 21.0. The predicted molar refractivity (Wildman–Crippen MR) is 124 cm³/mol. The van der Waals surface area contributed by atoms with Crippen LogP contribution in [0.1, 0.15) is 37.8 Å². The summed E-state index contributed by atoms with van der Waals surface area (Å²) >= 11 is 0. The molecule has 5 nitrogen and oxygen atoms in total. The van der Waals surface area contributed by atoms with Crippen molar-refractivity contribution in [2.24, 2.45) is 0 Å². The second-order valence-electron chi connectivity index (χ2n) is 7.90. The van der Waals surface area contributed by atoms with Crippen LogP contribution in [0.2, 0.25) is 0 Å². The number of likely N-dealkylation sites (tertiary alicyclic amines) is 1. The molecule has 2 heterocycles. The minimum atomic E-state index is 0.0624. The maximum absolute atomic E-state index is 12.7. The Kier molecular flexibility index (Phi) is 6.03. The number of amides is 1. The van der Waals surface area contributed by atoms with Crippen molar-refractivity contribution in [3.63, 3.8) is 0 Å². The number of fused-ring (bicyclic) bond motifs is 1. The molecule has 1 aromatic heterocycles. The third kappa shape index (κ3) is 3.92. The topological polar surface area (TPSA) is 51.9 Å². The fourth-order valence-corrected chi connectivity index (χ4v) is 4.31. The molecular formula is C26H29NO4. The minimum Gasteiger partial charge on any atom is -0.496 e. The second-order valence-corrected chi connectivity index (χ2v) is 7.90. The fourth-order valence-electron chi connectivity index (χ4n) is 4.31. The van der Waals surface area contributed by atoms with Crippen molar-refractivity contribution < 1.29 is 18.7 Å². The molecule has 0 radical (unpaired) electrons. The van der Waals surface area contributed by atoms with Crippen LogP contribution in [0.4, 0.5) is 0 Å². The quantitative estimate of drug-likeness (QED) is 0.471. The van der Waals surface area contributed by atoms with Crippen LogP contribution >= 0.6 is 0 Å². The van der Waals surface area contributed by atoms with Crippen LogP contribution in [-0.4, -0.2) is 37.6 Å². The number of ether oxygens (including phenoxy) is 2. The fraction of sp³-hybridized carbons (Fsp3) is 0.346. The van der Waals surface area contributed by atoms with E-state index < -0.39 is 0 Å². The molecule has 0 aliphatic carbocycles. The summed E-state index contributed by atoms with van der Waals surface area (Å²) in [5.41, 5.74) is 5.43. The molecule has 1 amide bonds. The van der Waals surface area contributed by atoms with Crippen molar-refractivity contribution in [1.29, 1.82) is 0 Å². The maximum Gasteiger partial charge on any atom is 0.246 e. The van der Waals surface area contributed by atoms with Gasteiger partial charge >= 0.3 is 0 Å². The van der Waals surface area contributed by atoms with Gasteiger partial charge in [0.2, 0.25) is 5.91 Å². The number of benzene rings is 2. The highest BCUT2D eigenvalue weighted by molar-refractivity contribution is 6.02. The third-order valence-corrected chi connectivity index (χ3v) is 5.91. The number of para-hydroxylation sites is 1. The van der Waals surface area contributed by atoms with Gasteiger partial charge in [-0.2, -0.15) is 0 Å². The van der Waals surface area contributed by atoms with Crippen molar-refractivity contribution in [3.05, 3.63) is 53.8 Å². The van der Waals surface area contributed by atoms with E-state index in [9.17, 15) is 4.79 Å². The lowest BCUT2D eigenvalue weighted by atomic mass is 9.96. The van der Waals surface area contributed by atoms with Gasteiger partial charge in [-0.3, -0.25) is 4.79 Å². The Labute approximate surface area is 183 Å². The number of carbonyl (C=O) groups excluding carboxylic acids is 1. The van der Waals surface area contributed by atoms with Crippen molar-refractivity contribution in [2.45, 2.75) is 33.6 Å². The second kappa shape index (κ2) is 8.88. The summed E-state index contributed by atoms with van der Waals surface area (Å²) < 4.78 is 17.6. The molecule has 1 aliphatic rings. The maximum atomic E-state index is 12.7. The summed E-state index contributed by atoms with van der Waals surface area (Å²) in [7, 11) is 1.67. The van der Waals surface area contributed by atoms with Crippen LogP contribution < -0.4 is 9.47 Å². The van der Waals surface area contributed by atoms with Gasteiger partial charge in [0, 0.05) is 46.8 Å². The number of carbonyl (C=O) groups is 1. The summed E-state index contributed by atoms with van der Waals surface area (Å²) in [5.74, 6) is 1.61. The Morgan fingerprint density at radius 3 is 2.65 bits per heavy atom. The van der Waals surface area contributed by atoms with E-state index >= 15 is 0 Å². The molecule has 1 aliphatic heterocycles. The van der Waals surface area contributed by atoms with Crippen molar-refractivity contribution >= 4 is 22.4 Å². The van der Waals surface area contributed by atoms with E-state index in [1.54, 1.807) is 19.4 Å². The van der Waals surface area contributed by atoms with Crippen LogP contribution in [0.5, 0.6) is 11.5 Å². The zero-order valence-electron chi connectivity index (χ0n) is 18.7. The zero-order valence-corrected chi connectivity index (χ0v) is 18.7. The molecule has 0 atom stereocenters. The van der Waals surface area contributed by atoms with E-state index in [2.05, 4.69) is 6.07 Å². The van der Waals surface area contributed by atoms with Crippen LogP contribution in [0.3, 0.4) is 0 Å². The number of rotatable bonds is 6. The molecule has 2 aromatic carbocycles. The van der Waals surface area contributed by atoms with Gasteiger partial charge in [0.25, 0.3) is 0 Å². The summed E-state index contributed by atoms with van der Waals surface area (Å²) in [6, 6.07) is 9.97. The normalized spacial score (nSPS) is 14.3. The highest BCUT2D eigenvalue weighted by atomic mass is 16.5. The highest BCUT2D eigenvalue weighted by Gasteiger charge is 2.21. The number of nitrogens with zero attached hydrogens (tertiary/aromatic N) is 1. The van der Waals surface area contributed by atoms with E-state index in [1.807, 2.05) is 49.9 Å². The molecule has 0 bridgehead atoms. The van der Waals surface area contributed by atoms with Gasteiger partial charge in [0.05, 0.1) is 20.0 Å². The Balaban J connectivity index is 1.87. The number of methoxy groups -OCH3 is 1. The number of hydrogen-bond donors (Lipinski definition) is 0. The van der Waals surface area contributed by atoms with Gasteiger partial charge in [-0.25, -0.2) is 0 Å². The average Bonchev–Trinajstić information content (AvgIpc) is 3.46. The van der Waals surface area contributed by atoms with Gasteiger partial charge < -0.3 is 18.8 Å². The minimum absolute atomic E-state index is 0.0624. The van der Waals surface area contributed by atoms with E-state index in [0.717, 1.165) is 76.2 Å². The Morgan fingerprint density at radius 2 is 1.94 bits per heavy atom. The zero-order chi connectivity index (χ0) is 22.0. The van der Waals surface area contributed by atoms with Gasteiger partial charge in [0.1, 0.15) is 17.1 Å². The molecule has 0 saturated carbocycles. The monoisotopic (exact) mass is 419 g/mol. The van der Waals surface area contributed by atoms with E-state index in [0.29, 0.717) is 6.61 Å². The smallest absolute Gasteiger partial charge is 0.246 e. The lowest BCUT2D eigenvalue weighted by Crippen LogP contribution is -2.25. The van der Waals surface area contributed by atoms with Crippen molar-refractivity contribution in [3.8, 4) is 22.6 Å². The first-order valence-corrected chi connectivity index (χ1v) is 10.8. The molecule has 31 heavy (non-hydrogen) atoms. The van der Waals surface area contributed by atoms with Crippen molar-refractivity contribution in [1.82, 2.24) is 4.90 Å². The largest absolute Gasteiger partial charge is 0.496 e. The summed E-state index contributed by atoms with van der Waals surface area (Å²) in [6.07, 6.45) is 5.65. The first-order chi connectivity index (χ1) is 15.0. The van der Waals surface area contributed by atoms with Gasteiger partial charge in [-0.05, 0) is 51.3 Å². The highest BCUT2D eigenvalue weighted by Crippen LogP contribution is 2.42. The number of furan rings is 1. The Morgan fingerprint density at radius 1 is 1.19 bits per heavy atom. The van der Waals surface area contributed by atoms with E-state index in [4.69, 9.17) is 13.9 Å². The van der Waals surface area contributed by atoms with Gasteiger partial charge in [0.15, 0.2) is 0 Å². The molecule has 0 unspecified atom stereocenters. The van der Waals surface area contributed by atoms with E-state index in [-0.39, 0.29) is 5.91 Å². The molecular weight excluding hydrogens is 390 g/mol. The third-order valence-electron chi connectivity index (χ3n) is 5.91. The van der Waals surface area contributed by atoms with Crippen LogP contribution in [0.15, 0.2) is 47.1 Å². The number of allylic oxidation sites excluding steroid dienone is 1. The summed E-state index contributed by atoms with van der Waals surface area (Å²) in [6.45, 7) is 8.14. The molecule has 162 valence electrons. The molecule has 1 fully saturated rings. The molecule has 3 aromatic rings. The van der Waals surface area contributed by atoms with Crippen LogP contribution in [0.25, 0.3) is 27.7 Å². The van der Waals surface area contributed by atoms with Crippen molar-refractivity contribution in [2.75, 3.05) is 26.8 Å². The van der Waals surface area contributed by atoms with Crippen LogP contribution in [0, 0.1) is 6.92 Å². The Bertz CT molecular complexity index is 1140. The number of hydrogen-bond acceptors (Lipinski definition) is 4. The summed E-state index contributed by atoms with van der Waals surface area (Å²) in [4.78, 5) is 14.7. The van der Waals surface area contributed by atoms with E-state index in [1.165, 1.54) is 0 Å². The molecule has 1 saturated heterocycles. The molecule has 0 N–H and O–H groups in total. The van der Waals surface area contributed by atoms with Crippen LogP contribution in [-0.2, 0) is 4.79 Å². The van der Waals surface area contributed by atoms with Gasteiger partial charge in [-0.15, -0.1) is 0 Å². The predicted octanol–water partition coefficient (Wildman–Crippen LogP) is 5.84. The number of aryl methyl sites for hydroxylation is 1. The standard InChI is InChI=1S/C26H29NO4/c1-5-30-25-18(3)26-21(22(16-31-26)19-10-6-7-11-23(19)29-4)15-20(25)17(2)14-24(28)27-12-8-9-13-27/h6-7,10-11,14-16H,5,8-9,12-13H2,1-4H3/b17-14+. The average molecular weight is 420 g/mol. The lowest BCUT2D eigenvalue weighted by molar-refractivity contribution is -0.124.